The third-order valence-corrected chi connectivity index (χ3v) is 3.56. The molecule has 0 bridgehead atoms. The van der Waals surface area contributed by atoms with E-state index >= 15 is 0 Å². The molecule has 1 aliphatic heterocycles. The number of rotatable bonds is 3. The Bertz CT molecular complexity index is 547. The highest BCUT2D eigenvalue weighted by Gasteiger charge is 2.37. The van der Waals surface area contributed by atoms with Gasteiger partial charge in [-0.1, -0.05) is 35.5 Å². The Labute approximate surface area is 111 Å². The molecule has 1 aromatic carbocycles. The van der Waals surface area contributed by atoms with E-state index in [-0.39, 0.29) is 0 Å². The molecule has 1 fully saturated rings. The summed E-state index contributed by atoms with van der Waals surface area (Å²) in [5.41, 5.74) is 6.66. The Balaban J connectivity index is 1.85. The number of nitrogens with zero attached hydrogens (tertiary/aromatic N) is 2. The maximum atomic E-state index is 6.13. The quantitative estimate of drug-likeness (QED) is 0.914. The number of hydrogen-bond acceptors (Lipinski definition) is 5. The summed E-state index contributed by atoms with van der Waals surface area (Å²) in [5.74, 6) is 1.02. The zero-order valence-corrected chi connectivity index (χ0v) is 10.9. The summed E-state index contributed by atoms with van der Waals surface area (Å²) in [6.07, 6.45) is 1.93. The van der Waals surface area contributed by atoms with Crippen LogP contribution >= 0.6 is 0 Å². The molecule has 3 rings (SSSR count). The van der Waals surface area contributed by atoms with E-state index in [2.05, 4.69) is 10.1 Å². The van der Waals surface area contributed by atoms with Crippen molar-refractivity contribution in [1.29, 1.82) is 0 Å². The smallest absolute Gasteiger partial charge is 0.248 e. The van der Waals surface area contributed by atoms with Crippen LogP contribution in [0.3, 0.4) is 0 Å². The minimum absolute atomic E-state index is 0.396. The molecule has 0 saturated carbocycles. The Kier molecular flexibility index (Phi) is 3.08. The van der Waals surface area contributed by atoms with Crippen molar-refractivity contribution >= 4 is 0 Å². The molecule has 1 unspecified atom stereocenters. The summed E-state index contributed by atoms with van der Waals surface area (Å²) >= 11 is 0. The fourth-order valence-electron chi connectivity index (χ4n) is 2.33. The number of nitrogens with two attached hydrogens (primary N) is 1. The van der Waals surface area contributed by atoms with Gasteiger partial charge >= 0.3 is 0 Å². The van der Waals surface area contributed by atoms with Crippen LogP contribution in [0.1, 0.15) is 43.1 Å². The van der Waals surface area contributed by atoms with Gasteiger partial charge in [-0.05, 0) is 25.3 Å². The predicted octanol–water partition coefficient (Wildman–Crippen LogP) is 2.14. The highest BCUT2D eigenvalue weighted by Crippen LogP contribution is 2.34. The van der Waals surface area contributed by atoms with E-state index in [1.165, 1.54) is 0 Å². The van der Waals surface area contributed by atoms with E-state index in [0.717, 1.165) is 25.0 Å². The number of benzene rings is 1. The van der Waals surface area contributed by atoms with Gasteiger partial charge in [-0.15, -0.1) is 0 Å². The lowest BCUT2D eigenvalue weighted by Crippen LogP contribution is -2.22. The van der Waals surface area contributed by atoms with E-state index in [0.29, 0.717) is 11.7 Å². The monoisotopic (exact) mass is 259 g/mol. The Morgan fingerprint density at radius 2 is 2.11 bits per heavy atom. The van der Waals surface area contributed by atoms with E-state index in [9.17, 15) is 0 Å². The summed E-state index contributed by atoms with van der Waals surface area (Å²) < 4.78 is 11.0. The molecule has 1 saturated heterocycles. The molecule has 1 aliphatic rings. The van der Waals surface area contributed by atoms with E-state index < -0.39 is 11.6 Å². The van der Waals surface area contributed by atoms with E-state index in [4.69, 9.17) is 15.0 Å². The van der Waals surface area contributed by atoms with E-state index in [1.807, 2.05) is 37.3 Å². The molecule has 1 aromatic heterocycles. The third kappa shape index (κ3) is 2.27. The van der Waals surface area contributed by atoms with Crippen LogP contribution in [0.5, 0.6) is 0 Å². The minimum atomic E-state index is -0.432. The molecule has 0 spiro atoms. The molecule has 100 valence electrons. The molecular weight excluding hydrogens is 242 g/mol. The first-order valence-electron chi connectivity index (χ1n) is 6.48. The maximum Gasteiger partial charge on any atom is 0.248 e. The second kappa shape index (κ2) is 4.75. The zero-order valence-electron chi connectivity index (χ0n) is 10.9. The summed E-state index contributed by atoms with van der Waals surface area (Å²) in [5, 5.41) is 4.03. The molecule has 19 heavy (non-hydrogen) atoms. The van der Waals surface area contributed by atoms with Gasteiger partial charge < -0.3 is 15.0 Å². The van der Waals surface area contributed by atoms with Crippen molar-refractivity contribution < 1.29 is 9.26 Å². The summed E-state index contributed by atoms with van der Waals surface area (Å²) in [4.78, 5) is 4.41. The average Bonchev–Trinajstić information content (AvgIpc) is 3.08. The van der Waals surface area contributed by atoms with Crippen LogP contribution in [-0.4, -0.2) is 16.7 Å². The largest absolute Gasteiger partial charge is 0.367 e. The Morgan fingerprint density at radius 3 is 2.79 bits per heavy atom. The SMILES string of the molecule is CC1(c2noc([C@@H](N)c3ccccc3)n2)CCCO1. The van der Waals surface area contributed by atoms with Crippen LogP contribution in [0, 0.1) is 0 Å². The number of hydrogen-bond donors (Lipinski definition) is 1. The zero-order chi connectivity index (χ0) is 13.3. The molecule has 0 radical (unpaired) electrons. The molecule has 5 heteroatoms. The van der Waals surface area contributed by atoms with Crippen LogP contribution in [0.4, 0.5) is 0 Å². The van der Waals surface area contributed by atoms with Crippen molar-refractivity contribution in [3.63, 3.8) is 0 Å². The van der Waals surface area contributed by atoms with Crippen LogP contribution in [0.25, 0.3) is 0 Å². The second-order valence-corrected chi connectivity index (χ2v) is 5.03. The van der Waals surface area contributed by atoms with E-state index in [1.54, 1.807) is 0 Å². The third-order valence-electron chi connectivity index (χ3n) is 3.56. The van der Waals surface area contributed by atoms with Crippen LogP contribution in [0.2, 0.25) is 0 Å². The highest BCUT2D eigenvalue weighted by molar-refractivity contribution is 5.23. The van der Waals surface area contributed by atoms with Crippen molar-refractivity contribution in [3.05, 3.63) is 47.6 Å². The molecule has 2 N–H and O–H groups in total. The number of ether oxygens (including phenoxy) is 1. The number of aromatic nitrogens is 2. The predicted molar refractivity (Wildman–Crippen MR) is 69.3 cm³/mol. The van der Waals surface area contributed by atoms with Gasteiger partial charge in [-0.2, -0.15) is 4.98 Å². The molecule has 0 amide bonds. The summed E-state index contributed by atoms with van der Waals surface area (Å²) in [7, 11) is 0. The van der Waals surface area contributed by atoms with Gasteiger partial charge in [0.25, 0.3) is 0 Å². The first kappa shape index (κ1) is 12.3. The fourth-order valence-corrected chi connectivity index (χ4v) is 2.33. The van der Waals surface area contributed by atoms with Crippen molar-refractivity contribution in [2.75, 3.05) is 6.61 Å². The lowest BCUT2D eigenvalue weighted by atomic mass is 10.0. The van der Waals surface area contributed by atoms with Gasteiger partial charge in [0.1, 0.15) is 11.6 Å². The van der Waals surface area contributed by atoms with Gasteiger partial charge in [-0.25, -0.2) is 0 Å². The summed E-state index contributed by atoms with van der Waals surface area (Å²) in [6, 6.07) is 9.32. The van der Waals surface area contributed by atoms with Gasteiger partial charge in [-0.3, -0.25) is 0 Å². The molecule has 0 aliphatic carbocycles. The standard InChI is InChI=1S/C14H17N3O2/c1-14(8-5-9-18-14)13-16-12(19-17-13)11(15)10-6-3-2-4-7-10/h2-4,6-7,11H,5,8-9,15H2,1H3/t11-,14?/m0/s1. The van der Waals surface area contributed by atoms with Gasteiger partial charge in [0, 0.05) is 6.61 Å². The highest BCUT2D eigenvalue weighted by atomic mass is 16.5. The maximum absolute atomic E-state index is 6.13. The topological polar surface area (TPSA) is 74.2 Å². The van der Waals surface area contributed by atoms with Gasteiger partial charge in [0.05, 0.1) is 0 Å². The second-order valence-electron chi connectivity index (χ2n) is 5.03. The lowest BCUT2D eigenvalue weighted by molar-refractivity contribution is 0.00768. The normalized spacial score (nSPS) is 24.5. The fraction of sp³-hybridized carbons (Fsp3) is 0.429. The molecule has 2 atom stereocenters. The first-order valence-corrected chi connectivity index (χ1v) is 6.48. The Hall–Kier alpha value is -1.72. The van der Waals surface area contributed by atoms with Gasteiger partial charge in [0.15, 0.2) is 0 Å². The Morgan fingerprint density at radius 1 is 1.32 bits per heavy atom. The van der Waals surface area contributed by atoms with Crippen molar-refractivity contribution in [3.8, 4) is 0 Å². The molecule has 2 heterocycles. The van der Waals surface area contributed by atoms with Crippen LogP contribution < -0.4 is 5.73 Å². The van der Waals surface area contributed by atoms with Crippen molar-refractivity contribution in [2.24, 2.45) is 5.73 Å². The first-order chi connectivity index (χ1) is 9.19. The molecule has 5 nitrogen and oxygen atoms in total. The van der Waals surface area contributed by atoms with Crippen LogP contribution in [0.15, 0.2) is 34.9 Å². The average molecular weight is 259 g/mol. The minimum Gasteiger partial charge on any atom is -0.367 e. The van der Waals surface area contributed by atoms with Crippen molar-refractivity contribution in [1.82, 2.24) is 10.1 Å². The molecular formula is C14H17N3O2. The van der Waals surface area contributed by atoms with Gasteiger partial charge in [0.2, 0.25) is 11.7 Å². The molecule has 2 aromatic rings. The summed E-state index contributed by atoms with van der Waals surface area (Å²) in [6.45, 7) is 2.73. The van der Waals surface area contributed by atoms with Crippen LogP contribution in [-0.2, 0) is 10.3 Å². The van der Waals surface area contributed by atoms with Crippen molar-refractivity contribution in [2.45, 2.75) is 31.4 Å². The lowest BCUT2D eigenvalue weighted by Gasteiger charge is -2.17.